The fourth-order valence-electron chi connectivity index (χ4n) is 0.349. The number of ether oxygens (including phenoxy) is 1. The Morgan fingerprint density at radius 1 is 1.67 bits per heavy atom. The summed E-state index contributed by atoms with van der Waals surface area (Å²) in [5.41, 5.74) is 5.09. The molecule has 0 aliphatic heterocycles. The van der Waals surface area contributed by atoms with Crippen molar-refractivity contribution in [1.29, 1.82) is 0 Å². The molecule has 0 bridgehead atoms. The van der Waals surface area contributed by atoms with Crippen molar-refractivity contribution in [1.82, 2.24) is 5.01 Å². The second-order valence-corrected chi connectivity index (χ2v) is 1.53. The van der Waals surface area contributed by atoms with Gasteiger partial charge in [0.1, 0.15) is 0 Å². The monoisotopic (exact) mass is 175 g/mol. The Balaban J connectivity index is 0. The van der Waals surface area contributed by atoms with E-state index in [2.05, 4.69) is 9.84 Å². The number of hydrogen-bond acceptors (Lipinski definition) is 4. The summed E-state index contributed by atoms with van der Waals surface area (Å²) in [4.78, 5) is 10.6. The molecule has 0 radical (unpaired) electrons. The largest absolute Gasteiger partial charge is 0.451 e. The minimum Gasteiger partial charge on any atom is -0.451 e. The van der Waals surface area contributed by atoms with E-state index in [-0.39, 0.29) is 0 Å². The summed E-state index contributed by atoms with van der Waals surface area (Å²) >= 11 is 0. The summed E-state index contributed by atoms with van der Waals surface area (Å²) in [5.74, 6) is 0. The van der Waals surface area contributed by atoms with Crippen molar-refractivity contribution in [2.75, 3.05) is 20.7 Å². The smallest absolute Gasteiger partial charge is 0.429 e. The highest BCUT2D eigenvalue weighted by atomic mass is 16.5. The summed E-state index contributed by atoms with van der Waals surface area (Å²) in [6.07, 6.45) is 0.904. The third-order valence-electron chi connectivity index (χ3n) is 0.799. The molecule has 0 saturated heterocycles. The molecule has 0 aromatic rings. The zero-order chi connectivity index (χ0) is 9.98. The van der Waals surface area contributed by atoms with Gasteiger partial charge in [0, 0.05) is 19.8 Å². The minimum atomic E-state index is -0.510. The van der Waals surface area contributed by atoms with E-state index in [4.69, 9.17) is 5.73 Å². The van der Waals surface area contributed by atoms with Gasteiger partial charge >= 0.3 is 6.09 Å². The van der Waals surface area contributed by atoms with E-state index in [0.29, 0.717) is 6.54 Å². The number of carbonyl (C=O) groups is 1. The van der Waals surface area contributed by atoms with E-state index < -0.39 is 6.09 Å². The lowest BCUT2D eigenvalue weighted by Gasteiger charge is -2.06. The molecular formula is C7H17N3O2. The topological polar surface area (TPSA) is 67.9 Å². The molecule has 2 N–H and O–H groups in total. The van der Waals surface area contributed by atoms with E-state index >= 15 is 0 Å². The average molecular weight is 175 g/mol. The minimum absolute atomic E-state index is 0.307. The molecule has 0 aromatic carbocycles. The predicted octanol–water partition coefficient (Wildman–Crippen LogP) is 0.655. The first-order valence-electron chi connectivity index (χ1n) is 3.76. The third-order valence-corrected chi connectivity index (χ3v) is 0.799. The second-order valence-electron chi connectivity index (χ2n) is 1.53. The second kappa shape index (κ2) is 9.90. The first-order chi connectivity index (χ1) is 5.72. The van der Waals surface area contributed by atoms with Crippen LogP contribution in [-0.4, -0.2) is 38.0 Å². The molecule has 0 aliphatic rings. The molecule has 0 atom stereocenters. The maximum atomic E-state index is 10.6. The molecule has 1 amide bonds. The van der Waals surface area contributed by atoms with Crippen molar-refractivity contribution < 1.29 is 9.53 Å². The maximum Gasteiger partial charge on any atom is 0.429 e. The summed E-state index contributed by atoms with van der Waals surface area (Å²) < 4.78 is 4.34. The fourth-order valence-corrected chi connectivity index (χ4v) is 0.349. The van der Waals surface area contributed by atoms with Crippen LogP contribution in [-0.2, 0) is 4.74 Å². The Hall–Kier alpha value is -1.10. The molecule has 0 aliphatic carbocycles. The van der Waals surface area contributed by atoms with Crippen molar-refractivity contribution in [3.8, 4) is 0 Å². The molecule has 12 heavy (non-hydrogen) atoms. The van der Waals surface area contributed by atoms with Crippen LogP contribution in [0.5, 0.6) is 0 Å². The zero-order valence-electron chi connectivity index (χ0n) is 8.07. The molecule has 72 valence electrons. The van der Waals surface area contributed by atoms with Crippen LogP contribution in [0.3, 0.4) is 0 Å². The molecule has 0 aromatic heterocycles. The number of methoxy groups -OCH3 is 1. The Labute approximate surface area is 73.2 Å². The van der Waals surface area contributed by atoms with Crippen LogP contribution >= 0.6 is 0 Å². The third kappa shape index (κ3) is 7.01. The first-order valence-corrected chi connectivity index (χ1v) is 3.76. The summed E-state index contributed by atoms with van der Waals surface area (Å²) in [6.45, 7) is 4.31. The van der Waals surface area contributed by atoms with E-state index in [1.165, 1.54) is 20.4 Å². The van der Waals surface area contributed by atoms with Gasteiger partial charge in [0.2, 0.25) is 0 Å². The summed E-state index contributed by atoms with van der Waals surface area (Å²) in [6, 6.07) is 0. The Morgan fingerprint density at radius 3 is 2.50 bits per heavy atom. The Morgan fingerprint density at radius 2 is 2.17 bits per heavy atom. The van der Waals surface area contributed by atoms with Gasteiger partial charge in [0.05, 0.1) is 7.11 Å². The van der Waals surface area contributed by atoms with Crippen molar-refractivity contribution in [3.63, 3.8) is 0 Å². The number of hydrazone groups is 1. The molecule has 0 saturated carbocycles. The maximum absolute atomic E-state index is 10.6. The van der Waals surface area contributed by atoms with Gasteiger partial charge in [-0.25, -0.2) is 9.80 Å². The molecule has 0 spiro atoms. The van der Waals surface area contributed by atoms with E-state index in [1.54, 1.807) is 0 Å². The SMILES string of the molecule is CC.COC(=O)N(C)/N=C/CN. The molecule has 5 nitrogen and oxygen atoms in total. The van der Waals surface area contributed by atoms with Crippen molar-refractivity contribution in [2.24, 2.45) is 10.8 Å². The van der Waals surface area contributed by atoms with Crippen LogP contribution < -0.4 is 5.73 Å². The lowest BCUT2D eigenvalue weighted by atomic mass is 10.8. The van der Waals surface area contributed by atoms with Crippen molar-refractivity contribution in [3.05, 3.63) is 0 Å². The Bertz CT molecular complexity index is 137. The molecular weight excluding hydrogens is 158 g/mol. The number of amides is 1. The standard InChI is InChI=1S/C5H11N3O2.C2H6/c1-8(5(9)10-2)7-4-3-6;1-2/h4H,3,6H2,1-2H3;1-2H3/b7-4+;. The number of hydrogen-bond donors (Lipinski definition) is 1. The highest BCUT2D eigenvalue weighted by Gasteiger charge is 2.02. The van der Waals surface area contributed by atoms with Crippen molar-refractivity contribution in [2.45, 2.75) is 13.8 Å². The highest BCUT2D eigenvalue weighted by Crippen LogP contribution is 1.86. The van der Waals surface area contributed by atoms with Crippen LogP contribution in [0.15, 0.2) is 5.10 Å². The normalized spacial score (nSPS) is 8.75. The quantitative estimate of drug-likeness (QED) is 0.495. The first kappa shape index (κ1) is 13.5. The molecule has 0 fully saturated rings. The van der Waals surface area contributed by atoms with Crippen molar-refractivity contribution >= 4 is 12.3 Å². The van der Waals surface area contributed by atoms with Gasteiger partial charge in [0.15, 0.2) is 0 Å². The van der Waals surface area contributed by atoms with Crippen LogP contribution in [0.4, 0.5) is 4.79 Å². The van der Waals surface area contributed by atoms with Gasteiger partial charge < -0.3 is 10.5 Å². The molecule has 0 unspecified atom stereocenters. The van der Waals surface area contributed by atoms with E-state index in [9.17, 15) is 4.79 Å². The predicted molar refractivity (Wildman–Crippen MR) is 49.1 cm³/mol. The zero-order valence-corrected chi connectivity index (χ0v) is 8.07. The molecule has 0 heterocycles. The number of nitrogens with zero attached hydrogens (tertiary/aromatic N) is 2. The molecule has 0 rings (SSSR count). The fraction of sp³-hybridized carbons (Fsp3) is 0.714. The number of carbonyl (C=O) groups excluding carboxylic acids is 1. The van der Waals surface area contributed by atoms with Gasteiger partial charge in [0.25, 0.3) is 0 Å². The van der Waals surface area contributed by atoms with Gasteiger partial charge in [-0.2, -0.15) is 5.10 Å². The lowest BCUT2D eigenvalue weighted by Crippen LogP contribution is -2.21. The van der Waals surface area contributed by atoms with Gasteiger partial charge in [-0.3, -0.25) is 0 Å². The van der Waals surface area contributed by atoms with Crippen LogP contribution in [0.1, 0.15) is 13.8 Å². The number of rotatable bonds is 2. The average Bonchev–Trinajstić information content (AvgIpc) is 2.16. The summed E-state index contributed by atoms with van der Waals surface area (Å²) in [7, 11) is 2.77. The summed E-state index contributed by atoms with van der Waals surface area (Å²) in [5, 5.41) is 4.68. The Kier molecular flexibility index (Phi) is 11.1. The lowest BCUT2D eigenvalue weighted by molar-refractivity contribution is 0.135. The van der Waals surface area contributed by atoms with Gasteiger partial charge in [-0.15, -0.1) is 0 Å². The highest BCUT2D eigenvalue weighted by molar-refractivity contribution is 5.69. The van der Waals surface area contributed by atoms with Crippen LogP contribution in [0, 0.1) is 0 Å². The van der Waals surface area contributed by atoms with Crippen LogP contribution in [0.25, 0.3) is 0 Å². The van der Waals surface area contributed by atoms with Gasteiger partial charge in [-0.05, 0) is 0 Å². The van der Waals surface area contributed by atoms with Gasteiger partial charge in [-0.1, -0.05) is 13.8 Å². The van der Waals surface area contributed by atoms with Crippen LogP contribution in [0.2, 0.25) is 0 Å². The van der Waals surface area contributed by atoms with E-state index in [1.807, 2.05) is 13.8 Å². The number of nitrogens with two attached hydrogens (primary N) is 1. The van der Waals surface area contributed by atoms with E-state index in [0.717, 1.165) is 5.01 Å². The molecule has 5 heteroatoms.